The molecule has 1 aliphatic heterocycles. The van der Waals surface area contributed by atoms with Crippen LogP contribution in [0.3, 0.4) is 0 Å². The molecule has 1 aliphatic rings. The minimum Gasteiger partial charge on any atom is -0.451 e. The highest BCUT2D eigenvalue weighted by molar-refractivity contribution is 7.99. The molecule has 5 nitrogen and oxygen atoms in total. The summed E-state index contributed by atoms with van der Waals surface area (Å²) < 4.78 is 18.2. The maximum atomic E-state index is 12.9. The summed E-state index contributed by atoms with van der Waals surface area (Å²) in [7, 11) is 0. The summed E-state index contributed by atoms with van der Waals surface area (Å²) in [5.41, 5.74) is 1.06. The van der Waals surface area contributed by atoms with Gasteiger partial charge in [0.2, 0.25) is 11.7 Å². The third-order valence-electron chi connectivity index (χ3n) is 3.86. The lowest BCUT2D eigenvalue weighted by Gasteiger charge is -2.13. The van der Waals surface area contributed by atoms with E-state index in [1.807, 2.05) is 0 Å². The molecule has 134 valence electrons. The first-order valence-electron chi connectivity index (χ1n) is 8.01. The van der Waals surface area contributed by atoms with Crippen LogP contribution in [0.1, 0.15) is 34.1 Å². The van der Waals surface area contributed by atoms with Gasteiger partial charge in [-0.3, -0.25) is 9.59 Å². The van der Waals surface area contributed by atoms with Crippen molar-refractivity contribution in [1.29, 1.82) is 0 Å². The van der Waals surface area contributed by atoms with Gasteiger partial charge in [-0.25, -0.2) is 9.18 Å². The number of hydrogen-bond donors (Lipinski definition) is 1. The molecule has 2 aromatic carbocycles. The van der Waals surface area contributed by atoms with Crippen LogP contribution in [-0.2, 0) is 9.53 Å². The third-order valence-corrected chi connectivity index (χ3v) is 4.93. The highest BCUT2D eigenvalue weighted by Gasteiger charge is 2.22. The lowest BCUT2D eigenvalue weighted by atomic mass is 10.1. The molecular weight excluding hydrogens is 357 g/mol. The molecule has 1 amide bonds. The van der Waals surface area contributed by atoms with E-state index in [-0.39, 0.29) is 17.0 Å². The number of carbonyl (C=O) groups excluding carboxylic acids is 3. The van der Waals surface area contributed by atoms with Crippen molar-refractivity contribution < 1.29 is 23.5 Å². The molecule has 0 spiro atoms. The normalized spacial score (nSPS) is 14.6. The number of thioether (sulfide) groups is 1. The first-order chi connectivity index (χ1) is 12.4. The van der Waals surface area contributed by atoms with E-state index in [0.717, 1.165) is 4.90 Å². The highest BCUT2D eigenvalue weighted by atomic mass is 32.2. The van der Waals surface area contributed by atoms with E-state index < -0.39 is 23.7 Å². The summed E-state index contributed by atoms with van der Waals surface area (Å²) in [6.45, 7) is 1.46. The quantitative estimate of drug-likeness (QED) is 0.654. The van der Waals surface area contributed by atoms with Crippen LogP contribution in [0.25, 0.3) is 0 Å². The predicted octanol–water partition coefficient (Wildman–Crippen LogP) is 3.69. The van der Waals surface area contributed by atoms with Crippen LogP contribution in [0, 0.1) is 5.82 Å². The van der Waals surface area contributed by atoms with Crippen molar-refractivity contribution >= 4 is 35.1 Å². The van der Waals surface area contributed by atoms with Crippen molar-refractivity contribution in [3.63, 3.8) is 0 Å². The number of anilines is 1. The average Bonchev–Trinajstić information content (AvgIpc) is 2.81. The molecule has 0 radical (unpaired) electrons. The van der Waals surface area contributed by atoms with Crippen molar-refractivity contribution in [2.75, 3.05) is 11.1 Å². The van der Waals surface area contributed by atoms with Gasteiger partial charge in [-0.1, -0.05) is 0 Å². The first kappa shape index (κ1) is 18.1. The monoisotopic (exact) mass is 373 g/mol. The fraction of sp³-hybridized carbons (Fsp3) is 0.211. The Morgan fingerprint density at radius 1 is 1.15 bits per heavy atom. The van der Waals surface area contributed by atoms with Crippen LogP contribution in [0.5, 0.6) is 0 Å². The largest absolute Gasteiger partial charge is 0.451 e. The Balaban J connectivity index is 1.72. The molecule has 7 heteroatoms. The second-order valence-corrected chi connectivity index (χ2v) is 6.91. The maximum Gasteiger partial charge on any atom is 0.338 e. The zero-order chi connectivity index (χ0) is 18.7. The van der Waals surface area contributed by atoms with Gasteiger partial charge in [0.15, 0.2) is 6.10 Å². The zero-order valence-corrected chi connectivity index (χ0v) is 14.8. The van der Waals surface area contributed by atoms with Crippen LogP contribution in [0.2, 0.25) is 0 Å². The molecule has 0 saturated heterocycles. The van der Waals surface area contributed by atoms with Gasteiger partial charge < -0.3 is 10.1 Å². The summed E-state index contributed by atoms with van der Waals surface area (Å²) in [6.07, 6.45) is -0.613. The summed E-state index contributed by atoms with van der Waals surface area (Å²) in [6, 6.07) is 9.93. The van der Waals surface area contributed by atoms with Gasteiger partial charge in [-0.2, -0.15) is 0 Å². The van der Waals surface area contributed by atoms with E-state index in [2.05, 4.69) is 5.32 Å². The molecule has 0 fully saturated rings. The summed E-state index contributed by atoms with van der Waals surface area (Å²) in [4.78, 5) is 37.2. The number of fused-ring (bicyclic) bond motifs is 1. The van der Waals surface area contributed by atoms with Gasteiger partial charge in [0.05, 0.1) is 11.3 Å². The Bertz CT molecular complexity index is 866. The Kier molecular flexibility index (Phi) is 5.37. The Labute approximate surface area is 153 Å². The summed E-state index contributed by atoms with van der Waals surface area (Å²) in [5, 5.41) is 2.75. The van der Waals surface area contributed by atoms with Crippen LogP contribution < -0.4 is 5.32 Å². The van der Waals surface area contributed by atoms with Gasteiger partial charge >= 0.3 is 5.97 Å². The lowest BCUT2D eigenvalue weighted by molar-refractivity contribution is -0.115. The highest BCUT2D eigenvalue weighted by Crippen LogP contribution is 2.31. The number of hydrogen-bond acceptors (Lipinski definition) is 5. The molecule has 2 aromatic rings. The van der Waals surface area contributed by atoms with Crippen LogP contribution >= 0.6 is 11.8 Å². The topological polar surface area (TPSA) is 72.5 Å². The van der Waals surface area contributed by atoms with Crippen LogP contribution in [0.4, 0.5) is 10.1 Å². The Hall–Kier alpha value is -2.67. The number of ether oxygens (including phenoxy) is 1. The lowest BCUT2D eigenvalue weighted by Crippen LogP contribution is -2.24. The number of Topliss-reactive ketones (excluding diaryl/α,β-unsaturated/α-hetero) is 1. The molecular formula is C19H16FNO4S. The third kappa shape index (κ3) is 4.11. The Morgan fingerprint density at radius 2 is 1.85 bits per heavy atom. The van der Waals surface area contributed by atoms with Crippen molar-refractivity contribution in [2.45, 2.75) is 24.3 Å². The molecule has 0 aromatic heterocycles. The SMILES string of the molecule is C[C@@H](OC(=O)c1ccc2c(c1)NC(=O)CCS2)C(=O)c1ccc(F)cc1. The number of halogens is 1. The molecule has 3 rings (SSSR count). The maximum absolute atomic E-state index is 12.9. The number of carbonyl (C=O) groups is 3. The fourth-order valence-electron chi connectivity index (χ4n) is 2.48. The van der Waals surface area contributed by atoms with Crippen molar-refractivity contribution in [1.82, 2.24) is 0 Å². The van der Waals surface area contributed by atoms with E-state index >= 15 is 0 Å². The van der Waals surface area contributed by atoms with Gasteiger partial charge in [0.1, 0.15) is 5.82 Å². The van der Waals surface area contributed by atoms with Crippen LogP contribution in [0.15, 0.2) is 47.4 Å². The molecule has 0 aliphatic carbocycles. The minimum absolute atomic E-state index is 0.110. The number of benzene rings is 2. The van der Waals surface area contributed by atoms with Gasteiger partial charge in [-0.15, -0.1) is 11.8 Å². The predicted molar refractivity (Wildman–Crippen MR) is 96.0 cm³/mol. The second-order valence-electron chi connectivity index (χ2n) is 5.78. The number of amides is 1. The molecule has 1 heterocycles. The van der Waals surface area contributed by atoms with Gasteiger partial charge in [-0.05, 0) is 49.4 Å². The fourth-order valence-corrected chi connectivity index (χ4v) is 3.41. The number of rotatable bonds is 4. The van der Waals surface area contributed by atoms with E-state index in [9.17, 15) is 18.8 Å². The molecule has 0 unspecified atom stereocenters. The van der Waals surface area contributed by atoms with E-state index in [1.165, 1.54) is 43.0 Å². The van der Waals surface area contributed by atoms with E-state index in [1.54, 1.807) is 18.2 Å². The number of nitrogens with one attached hydrogen (secondary N) is 1. The second kappa shape index (κ2) is 7.70. The van der Waals surface area contributed by atoms with Crippen molar-refractivity contribution in [3.05, 3.63) is 59.4 Å². The molecule has 0 bridgehead atoms. The Morgan fingerprint density at radius 3 is 2.58 bits per heavy atom. The molecule has 0 saturated carbocycles. The summed E-state index contributed by atoms with van der Waals surface area (Å²) in [5.74, 6) is -0.972. The average molecular weight is 373 g/mol. The minimum atomic E-state index is -1.02. The van der Waals surface area contributed by atoms with E-state index in [4.69, 9.17) is 4.74 Å². The van der Waals surface area contributed by atoms with Gasteiger partial charge in [0, 0.05) is 22.6 Å². The van der Waals surface area contributed by atoms with Crippen LogP contribution in [-0.4, -0.2) is 29.5 Å². The number of esters is 1. The summed E-state index contributed by atoms with van der Waals surface area (Å²) >= 11 is 1.53. The molecule has 26 heavy (non-hydrogen) atoms. The number of ketones is 1. The van der Waals surface area contributed by atoms with Gasteiger partial charge in [0.25, 0.3) is 0 Å². The van der Waals surface area contributed by atoms with Crippen molar-refractivity contribution in [3.8, 4) is 0 Å². The zero-order valence-electron chi connectivity index (χ0n) is 14.0. The van der Waals surface area contributed by atoms with E-state index in [0.29, 0.717) is 17.9 Å². The standard InChI is InChI=1S/C19H16FNO4S/c1-11(18(23)12-2-5-14(20)6-3-12)25-19(24)13-4-7-16-15(10-13)21-17(22)8-9-26-16/h2-7,10-11H,8-9H2,1H3,(H,21,22)/t11-/m1/s1. The molecule has 1 N–H and O–H groups in total. The molecule has 1 atom stereocenters. The smallest absolute Gasteiger partial charge is 0.338 e. The first-order valence-corrected chi connectivity index (χ1v) is 9.00. The van der Waals surface area contributed by atoms with Crippen molar-refractivity contribution in [2.24, 2.45) is 0 Å².